The third-order valence-corrected chi connectivity index (χ3v) is 8.26. The number of amides is 1. The minimum atomic E-state index is -1.25. The van der Waals surface area contributed by atoms with Crippen molar-refractivity contribution in [2.75, 3.05) is 13.1 Å². The summed E-state index contributed by atoms with van der Waals surface area (Å²) in [6, 6.07) is 5.51. The zero-order valence-electron chi connectivity index (χ0n) is 21.1. The molecule has 0 unspecified atom stereocenters. The van der Waals surface area contributed by atoms with Crippen LogP contribution < -0.4 is 0 Å². The van der Waals surface area contributed by atoms with Crippen molar-refractivity contribution < 1.29 is 23.1 Å². The number of oxazole rings is 1. The van der Waals surface area contributed by atoms with Crippen molar-refractivity contribution in [3.8, 4) is 11.3 Å². The molecule has 2 atom stereocenters. The van der Waals surface area contributed by atoms with Gasteiger partial charge in [0.1, 0.15) is 17.2 Å². The first kappa shape index (κ1) is 24.5. The SMILES string of the molecule is CCN(C[C@@]12CC[C@@H](c3cc(-c4c(F)cccc4F)nnc31)C2(C)C)C(=O)c1ncc(C(C)(C)O)o1. The summed E-state index contributed by atoms with van der Waals surface area (Å²) in [6.07, 6.45) is 3.05. The number of likely N-dealkylation sites (N-methyl/N-ethyl adjacent to an activating group) is 1. The minimum absolute atomic E-state index is 0.0765. The van der Waals surface area contributed by atoms with E-state index >= 15 is 0 Å². The van der Waals surface area contributed by atoms with Crippen molar-refractivity contribution in [1.82, 2.24) is 20.1 Å². The number of halogens is 2. The highest BCUT2D eigenvalue weighted by Gasteiger charge is 2.64. The number of hydrogen-bond acceptors (Lipinski definition) is 6. The van der Waals surface area contributed by atoms with Gasteiger partial charge in [0.05, 0.1) is 23.1 Å². The Morgan fingerprint density at radius 1 is 1.25 bits per heavy atom. The monoisotopic (exact) mass is 496 g/mol. The number of carbonyl (C=O) groups is 1. The van der Waals surface area contributed by atoms with Gasteiger partial charge in [-0.2, -0.15) is 10.2 Å². The molecule has 3 aromatic rings. The summed E-state index contributed by atoms with van der Waals surface area (Å²) in [6.45, 7) is 10.1. The van der Waals surface area contributed by atoms with Gasteiger partial charge in [0.2, 0.25) is 0 Å². The normalized spacial score (nSPS) is 22.1. The Hall–Kier alpha value is -3.20. The second-order valence-corrected chi connectivity index (χ2v) is 10.9. The van der Waals surface area contributed by atoms with Crippen molar-refractivity contribution >= 4 is 5.91 Å². The average Bonchev–Trinajstić information content (AvgIpc) is 3.45. The van der Waals surface area contributed by atoms with Crippen LogP contribution in [0.5, 0.6) is 0 Å². The molecule has 2 aromatic heterocycles. The van der Waals surface area contributed by atoms with Crippen molar-refractivity contribution in [2.24, 2.45) is 5.41 Å². The van der Waals surface area contributed by atoms with E-state index in [1.54, 1.807) is 24.8 Å². The first-order chi connectivity index (χ1) is 16.9. The van der Waals surface area contributed by atoms with Gasteiger partial charge in [-0.25, -0.2) is 13.8 Å². The molecule has 2 bridgehead atoms. The van der Waals surface area contributed by atoms with E-state index < -0.39 is 22.7 Å². The Morgan fingerprint density at radius 2 is 1.94 bits per heavy atom. The molecule has 1 fully saturated rings. The third-order valence-electron chi connectivity index (χ3n) is 8.26. The molecule has 2 aliphatic rings. The molecule has 36 heavy (non-hydrogen) atoms. The van der Waals surface area contributed by atoms with Crippen LogP contribution in [-0.4, -0.2) is 44.2 Å². The molecular formula is C27H30F2N4O3. The van der Waals surface area contributed by atoms with Crippen molar-refractivity contribution in [3.05, 3.63) is 65.0 Å². The van der Waals surface area contributed by atoms with Crippen molar-refractivity contribution in [2.45, 2.75) is 64.4 Å². The van der Waals surface area contributed by atoms with Gasteiger partial charge in [0.25, 0.3) is 5.89 Å². The Morgan fingerprint density at radius 3 is 2.56 bits per heavy atom. The summed E-state index contributed by atoms with van der Waals surface area (Å²) >= 11 is 0. The van der Waals surface area contributed by atoms with Gasteiger partial charge >= 0.3 is 5.91 Å². The molecule has 1 N–H and O–H groups in total. The molecule has 1 saturated carbocycles. The van der Waals surface area contributed by atoms with Crippen LogP contribution in [0.3, 0.4) is 0 Å². The lowest BCUT2D eigenvalue weighted by Gasteiger charge is -2.41. The van der Waals surface area contributed by atoms with Crippen LogP contribution in [0.1, 0.15) is 81.1 Å². The minimum Gasteiger partial charge on any atom is -0.434 e. The molecule has 0 spiro atoms. The molecule has 1 aromatic carbocycles. The predicted molar refractivity (Wildman–Crippen MR) is 128 cm³/mol. The number of nitrogens with zero attached hydrogens (tertiary/aromatic N) is 4. The van der Waals surface area contributed by atoms with Crippen LogP contribution in [0, 0.1) is 17.0 Å². The van der Waals surface area contributed by atoms with Crippen LogP contribution >= 0.6 is 0 Å². The first-order valence-corrected chi connectivity index (χ1v) is 12.2. The van der Waals surface area contributed by atoms with Gasteiger partial charge < -0.3 is 14.4 Å². The number of hydrogen-bond donors (Lipinski definition) is 1. The molecule has 0 aliphatic heterocycles. The van der Waals surface area contributed by atoms with E-state index in [1.165, 1.54) is 24.4 Å². The largest absolute Gasteiger partial charge is 0.434 e. The van der Waals surface area contributed by atoms with Crippen molar-refractivity contribution in [1.29, 1.82) is 0 Å². The number of rotatable bonds is 6. The van der Waals surface area contributed by atoms with E-state index in [1.807, 2.05) is 6.92 Å². The van der Waals surface area contributed by atoms with E-state index in [0.29, 0.717) is 13.1 Å². The van der Waals surface area contributed by atoms with Crippen LogP contribution in [0.2, 0.25) is 0 Å². The molecule has 7 nitrogen and oxygen atoms in total. The lowest BCUT2D eigenvalue weighted by Crippen LogP contribution is -2.48. The highest BCUT2D eigenvalue weighted by Crippen LogP contribution is 2.67. The number of aromatic nitrogens is 3. The van der Waals surface area contributed by atoms with Gasteiger partial charge in [-0.3, -0.25) is 4.79 Å². The number of carbonyl (C=O) groups excluding carboxylic acids is 1. The summed E-state index contributed by atoms with van der Waals surface area (Å²) in [4.78, 5) is 19.2. The number of fused-ring (bicyclic) bond motifs is 5. The number of benzene rings is 1. The fraction of sp³-hybridized carbons (Fsp3) is 0.481. The predicted octanol–water partition coefficient (Wildman–Crippen LogP) is 4.95. The second-order valence-electron chi connectivity index (χ2n) is 10.9. The molecule has 0 saturated heterocycles. The summed E-state index contributed by atoms with van der Waals surface area (Å²) in [5, 5.41) is 19.0. The molecule has 1 amide bonds. The van der Waals surface area contributed by atoms with Gasteiger partial charge in [-0.05, 0) is 68.7 Å². The summed E-state index contributed by atoms with van der Waals surface area (Å²) < 4.78 is 34.5. The van der Waals surface area contributed by atoms with E-state index in [2.05, 4.69) is 29.0 Å². The summed E-state index contributed by atoms with van der Waals surface area (Å²) in [5.41, 5.74) is -0.299. The van der Waals surface area contributed by atoms with E-state index in [4.69, 9.17) is 4.42 Å². The second kappa shape index (κ2) is 8.16. The highest BCUT2D eigenvalue weighted by atomic mass is 19.1. The van der Waals surface area contributed by atoms with Crippen LogP contribution in [0.4, 0.5) is 8.78 Å². The van der Waals surface area contributed by atoms with E-state index in [9.17, 15) is 18.7 Å². The van der Waals surface area contributed by atoms with Gasteiger partial charge in [-0.15, -0.1) is 0 Å². The maximum absolute atomic E-state index is 14.5. The highest BCUT2D eigenvalue weighted by molar-refractivity contribution is 5.89. The fourth-order valence-electron chi connectivity index (χ4n) is 6.09. The molecule has 2 aliphatic carbocycles. The molecular weight excluding hydrogens is 466 g/mol. The maximum Gasteiger partial charge on any atom is 0.309 e. The van der Waals surface area contributed by atoms with Gasteiger partial charge in [0, 0.05) is 18.5 Å². The lowest BCUT2D eigenvalue weighted by atomic mass is 9.68. The molecule has 2 heterocycles. The van der Waals surface area contributed by atoms with Crippen LogP contribution in [0.15, 0.2) is 34.9 Å². The molecule has 9 heteroatoms. The van der Waals surface area contributed by atoms with Gasteiger partial charge in [0.15, 0.2) is 5.76 Å². The lowest BCUT2D eigenvalue weighted by molar-refractivity contribution is 0.0477. The molecule has 0 radical (unpaired) electrons. The standard InChI is InChI=1S/C27H30F2N4O3/c1-6-33(24(34)23-30-13-20(36-23)26(4,5)35)14-27-11-10-16(25(27,2)3)15-12-19(31-32-22(15)27)21-17(28)8-7-9-18(21)29/h7-9,12-13,16,35H,6,10-11,14H2,1-5H3/t16-,27-/m0/s1. The molecule has 5 rings (SSSR count). The fourth-order valence-corrected chi connectivity index (χ4v) is 6.09. The zero-order chi connectivity index (χ0) is 26.0. The maximum atomic E-state index is 14.5. The Balaban J connectivity index is 1.52. The quantitative estimate of drug-likeness (QED) is 0.519. The first-order valence-electron chi connectivity index (χ1n) is 12.2. The summed E-state index contributed by atoms with van der Waals surface area (Å²) in [7, 11) is 0. The van der Waals surface area contributed by atoms with E-state index in [-0.39, 0.29) is 40.1 Å². The van der Waals surface area contributed by atoms with Crippen LogP contribution in [0.25, 0.3) is 11.3 Å². The Labute approximate surface area is 208 Å². The zero-order valence-corrected chi connectivity index (χ0v) is 21.1. The Bertz CT molecular complexity index is 1330. The third kappa shape index (κ3) is 3.47. The summed E-state index contributed by atoms with van der Waals surface area (Å²) in [5.74, 6) is -1.47. The average molecular weight is 497 g/mol. The molecule has 190 valence electrons. The van der Waals surface area contributed by atoms with Crippen LogP contribution in [-0.2, 0) is 11.0 Å². The number of aliphatic hydroxyl groups is 1. The van der Waals surface area contributed by atoms with E-state index in [0.717, 1.165) is 24.1 Å². The smallest absolute Gasteiger partial charge is 0.309 e. The Kier molecular flexibility index (Phi) is 5.55. The topological polar surface area (TPSA) is 92.4 Å². The van der Waals surface area contributed by atoms with Crippen molar-refractivity contribution in [3.63, 3.8) is 0 Å². The van der Waals surface area contributed by atoms with Gasteiger partial charge in [-0.1, -0.05) is 19.9 Å².